The predicted octanol–water partition coefficient (Wildman–Crippen LogP) is 2.64. The Balaban J connectivity index is 2.83. The zero-order valence-electron chi connectivity index (χ0n) is 5.71. The van der Waals surface area contributed by atoms with Crippen molar-refractivity contribution in [1.29, 1.82) is 0 Å². The average Bonchev–Trinajstić information content (AvgIpc) is 2.04. The fourth-order valence-electron chi connectivity index (χ4n) is 0.999. The summed E-state index contributed by atoms with van der Waals surface area (Å²) < 4.78 is 0.987. The molecule has 0 aliphatic heterocycles. The molecular formula is C9H5IN. The van der Waals surface area contributed by atoms with Crippen molar-refractivity contribution in [3.05, 3.63) is 40.2 Å². The van der Waals surface area contributed by atoms with Crippen LogP contribution in [0.25, 0.3) is 10.8 Å². The van der Waals surface area contributed by atoms with Gasteiger partial charge in [0.1, 0.15) is 3.70 Å². The van der Waals surface area contributed by atoms with E-state index >= 15 is 0 Å². The number of fused-ring (bicyclic) bond motifs is 1. The summed E-state index contributed by atoms with van der Waals surface area (Å²) >= 11 is 2.19. The quantitative estimate of drug-likeness (QED) is 0.520. The average molecular weight is 254 g/mol. The summed E-state index contributed by atoms with van der Waals surface area (Å²) in [4.78, 5) is 4.07. The smallest absolute Gasteiger partial charge is 0.102 e. The number of rotatable bonds is 0. The molecule has 11 heavy (non-hydrogen) atoms. The summed E-state index contributed by atoms with van der Waals surface area (Å²) in [5.41, 5.74) is 0. The van der Waals surface area contributed by atoms with Crippen LogP contribution in [0.4, 0.5) is 0 Å². The molecule has 0 amide bonds. The van der Waals surface area contributed by atoms with Gasteiger partial charge in [0.25, 0.3) is 0 Å². The predicted molar refractivity (Wildman–Crippen MR) is 53.3 cm³/mol. The van der Waals surface area contributed by atoms with Crippen molar-refractivity contribution in [3.63, 3.8) is 0 Å². The summed E-state index contributed by atoms with van der Waals surface area (Å²) in [7, 11) is 0. The van der Waals surface area contributed by atoms with Crippen molar-refractivity contribution in [3.8, 4) is 0 Å². The zero-order chi connectivity index (χ0) is 7.68. The lowest BCUT2D eigenvalue weighted by Crippen LogP contribution is -1.79. The molecule has 1 radical (unpaired) electrons. The van der Waals surface area contributed by atoms with E-state index in [-0.39, 0.29) is 0 Å². The fraction of sp³-hybridized carbons (Fsp3) is 0. The largest absolute Gasteiger partial charge is 0.240 e. The van der Waals surface area contributed by atoms with E-state index in [4.69, 9.17) is 0 Å². The van der Waals surface area contributed by atoms with Crippen LogP contribution in [0.5, 0.6) is 0 Å². The highest BCUT2D eigenvalue weighted by atomic mass is 127. The van der Waals surface area contributed by atoms with Gasteiger partial charge in [-0.15, -0.1) is 0 Å². The third kappa shape index (κ3) is 1.35. The van der Waals surface area contributed by atoms with E-state index in [0.29, 0.717) is 0 Å². The molecule has 0 atom stereocenters. The van der Waals surface area contributed by atoms with Gasteiger partial charge < -0.3 is 0 Å². The summed E-state index contributed by atoms with van der Waals surface area (Å²) in [6, 6.07) is 10.1. The molecule has 0 saturated carbocycles. The van der Waals surface area contributed by atoms with Crippen molar-refractivity contribution in [2.45, 2.75) is 0 Å². The molecule has 1 aromatic carbocycles. The van der Waals surface area contributed by atoms with Gasteiger partial charge in [-0.1, -0.05) is 24.3 Å². The maximum Gasteiger partial charge on any atom is 0.102 e. The van der Waals surface area contributed by atoms with E-state index in [2.05, 4.69) is 39.8 Å². The minimum Gasteiger partial charge on any atom is -0.240 e. The van der Waals surface area contributed by atoms with E-state index in [1.807, 2.05) is 24.3 Å². The van der Waals surface area contributed by atoms with Crippen LogP contribution >= 0.6 is 22.6 Å². The molecule has 0 saturated heterocycles. The molecule has 0 aliphatic rings. The Hall–Kier alpha value is -0.640. The maximum atomic E-state index is 4.07. The second kappa shape index (κ2) is 2.77. The Morgan fingerprint density at radius 3 is 3.00 bits per heavy atom. The number of aromatic nitrogens is 1. The van der Waals surface area contributed by atoms with Gasteiger partial charge in [-0.2, -0.15) is 0 Å². The van der Waals surface area contributed by atoms with E-state index in [0.717, 1.165) is 9.09 Å². The first-order valence-corrected chi connectivity index (χ1v) is 4.37. The fourth-order valence-corrected chi connectivity index (χ4v) is 1.46. The lowest BCUT2D eigenvalue weighted by atomic mass is 10.2. The van der Waals surface area contributed by atoms with Gasteiger partial charge in [-0.05, 0) is 34.0 Å². The van der Waals surface area contributed by atoms with E-state index < -0.39 is 0 Å². The SMILES string of the molecule is Ic1cc2ccccc2[c]n1. The number of hydrogen-bond acceptors (Lipinski definition) is 1. The molecule has 2 aromatic rings. The lowest BCUT2D eigenvalue weighted by molar-refractivity contribution is 1.29. The maximum absolute atomic E-state index is 4.07. The molecule has 0 unspecified atom stereocenters. The second-order valence-electron chi connectivity index (χ2n) is 2.28. The number of halogens is 1. The van der Waals surface area contributed by atoms with Gasteiger partial charge in [-0.25, -0.2) is 4.98 Å². The van der Waals surface area contributed by atoms with Gasteiger partial charge in [0.15, 0.2) is 0 Å². The Labute approximate surface area is 78.6 Å². The summed E-state index contributed by atoms with van der Waals surface area (Å²) in [6.07, 6.45) is 2.96. The monoisotopic (exact) mass is 254 g/mol. The number of nitrogens with zero attached hydrogens (tertiary/aromatic N) is 1. The third-order valence-corrected chi connectivity index (χ3v) is 2.07. The molecule has 53 valence electrons. The molecule has 0 N–H and O–H groups in total. The zero-order valence-corrected chi connectivity index (χ0v) is 7.87. The first kappa shape index (κ1) is 7.03. The molecule has 2 rings (SSSR count). The molecule has 0 spiro atoms. The van der Waals surface area contributed by atoms with Crippen LogP contribution in [-0.2, 0) is 0 Å². The minimum absolute atomic E-state index is 0.987. The number of hydrogen-bond donors (Lipinski definition) is 0. The van der Waals surface area contributed by atoms with E-state index in [1.165, 1.54) is 5.39 Å². The van der Waals surface area contributed by atoms with E-state index in [9.17, 15) is 0 Å². The van der Waals surface area contributed by atoms with Crippen molar-refractivity contribution < 1.29 is 0 Å². The van der Waals surface area contributed by atoms with Crippen molar-refractivity contribution in [2.24, 2.45) is 0 Å². The molecule has 0 bridgehead atoms. The summed E-state index contributed by atoms with van der Waals surface area (Å²) in [6.45, 7) is 0. The highest BCUT2D eigenvalue weighted by Crippen LogP contribution is 2.13. The van der Waals surface area contributed by atoms with Crippen LogP contribution in [0.15, 0.2) is 30.3 Å². The van der Waals surface area contributed by atoms with Crippen LogP contribution in [0.1, 0.15) is 0 Å². The Morgan fingerprint density at radius 1 is 1.27 bits per heavy atom. The van der Waals surface area contributed by atoms with Crippen LogP contribution < -0.4 is 0 Å². The topological polar surface area (TPSA) is 12.9 Å². The highest BCUT2D eigenvalue weighted by molar-refractivity contribution is 14.1. The minimum atomic E-state index is 0.987. The summed E-state index contributed by atoms with van der Waals surface area (Å²) in [5.74, 6) is 0. The molecule has 0 fully saturated rings. The van der Waals surface area contributed by atoms with Crippen molar-refractivity contribution >= 4 is 33.4 Å². The van der Waals surface area contributed by atoms with Gasteiger partial charge in [-0.3, -0.25) is 0 Å². The number of pyridine rings is 1. The molecule has 0 aliphatic carbocycles. The molecule has 1 aromatic heterocycles. The highest BCUT2D eigenvalue weighted by Gasteiger charge is 1.92. The standard InChI is InChI=1S/C9H5IN/c10-9-5-7-3-1-2-4-8(7)6-11-9/h1-5H. The van der Waals surface area contributed by atoms with Crippen molar-refractivity contribution in [1.82, 2.24) is 4.98 Å². The number of benzene rings is 1. The Kier molecular flexibility index (Phi) is 1.77. The molecule has 1 nitrogen and oxygen atoms in total. The third-order valence-electron chi connectivity index (χ3n) is 1.52. The first-order valence-electron chi connectivity index (χ1n) is 3.29. The lowest BCUT2D eigenvalue weighted by Gasteiger charge is -1.94. The van der Waals surface area contributed by atoms with Gasteiger partial charge in [0.05, 0.1) is 6.20 Å². The second-order valence-corrected chi connectivity index (χ2v) is 3.38. The van der Waals surface area contributed by atoms with Crippen LogP contribution in [0.2, 0.25) is 0 Å². The van der Waals surface area contributed by atoms with Gasteiger partial charge >= 0.3 is 0 Å². The van der Waals surface area contributed by atoms with E-state index in [1.54, 1.807) is 0 Å². The van der Waals surface area contributed by atoms with Gasteiger partial charge in [0, 0.05) is 5.39 Å². The Morgan fingerprint density at radius 2 is 2.09 bits per heavy atom. The van der Waals surface area contributed by atoms with Crippen LogP contribution in [-0.4, -0.2) is 4.98 Å². The first-order chi connectivity index (χ1) is 5.36. The summed E-state index contributed by atoms with van der Waals surface area (Å²) in [5, 5.41) is 2.28. The van der Waals surface area contributed by atoms with Gasteiger partial charge in [0.2, 0.25) is 0 Å². The molecular weight excluding hydrogens is 249 g/mol. The Bertz CT molecular complexity index is 384. The molecule has 1 heterocycles. The molecule has 2 heteroatoms. The van der Waals surface area contributed by atoms with Crippen molar-refractivity contribution in [2.75, 3.05) is 0 Å². The normalized spacial score (nSPS) is 10.3. The van der Waals surface area contributed by atoms with Crippen LogP contribution in [0, 0.1) is 9.90 Å². The van der Waals surface area contributed by atoms with Crippen LogP contribution in [0.3, 0.4) is 0 Å².